The van der Waals surface area contributed by atoms with Crippen molar-refractivity contribution in [3.8, 4) is 0 Å². The van der Waals surface area contributed by atoms with Crippen LogP contribution in [0.5, 0.6) is 0 Å². The molecule has 1 atom stereocenters. The van der Waals surface area contributed by atoms with E-state index >= 15 is 0 Å². The molecule has 0 bridgehead atoms. The molecule has 3 rings (SSSR count). The van der Waals surface area contributed by atoms with E-state index in [-0.39, 0.29) is 12.0 Å². The maximum absolute atomic E-state index is 12.1. The number of nitrogens with one attached hydrogen (secondary N) is 1. The minimum Gasteiger partial charge on any atom is -0.391 e. The number of likely N-dealkylation sites (tertiary alicyclic amines) is 1. The van der Waals surface area contributed by atoms with E-state index in [1.807, 2.05) is 6.07 Å². The monoisotopic (exact) mass is 231 g/mol. The Labute approximate surface area is 98.0 Å². The van der Waals surface area contributed by atoms with Gasteiger partial charge >= 0.3 is 0 Å². The number of hydrogen-bond donors (Lipinski definition) is 2. The van der Waals surface area contributed by atoms with Crippen molar-refractivity contribution in [2.24, 2.45) is 0 Å². The van der Waals surface area contributed by atoms with Gasteiger partial charge in [0.25, 0.3) is 5.91 Å². The summed E-state index contributed by atoms with van der Waals surface area (Å²) in [5.74, 6) is -0.0296. The quantitative estimate of drug-likeness (QED) is 0.761. The van der Waals surface area contributed by atoms with Crippen LogP contribution < -0.4 is 0 Å². The minimum atomic E-state index is -0.380. The summed E-state index contributed by atoms with van der Waals surface area (Å²) in [7, 11) is 0. The third-order valence-corrected chi connectivity index (χ3v) is 3.14. The number of rotatable bonds is 1. The molecule has 0 spiro atoms. The highest BCUT2D eigenvalue weighted by Gasteiger charge is 2.25. The Morgan fingerprint density at radius 3 is 3.18 bits per heavy atom. The van der Waals surface area contributed by atoms with E-state index in [1.54, 1.807) is 23.2 Å². The number of benzene rings is 1. The van der Waals surface area contributed by atoms with E-state index < -0.39 is 0 Å². The Balaban J connectivity index is 1.89. The molecule has 1 aromatic heterocycles. The number of aliphatic hydroxyl groups is 1. The molecule has 88 valence electrons. The lowest BCUT2D eigenvalue weighted by Gasteiger charge is -2.15. The van der Waals surface area contributed by atoms with Gasteiger partial charge in [-0.05, 0) is 18.6 Å². The fourth-order valence-electron chi connectivity index (χ4n) is 2.18. The summed E-state index contributed by atoms with van der Waals surface area (Å²) >= 11 is 0. The second-order valence-electron chi connectivity index (χ2n) is 4.37. The van der Waals surface area contributed by atoms with Crippen molar-refractivity contribution in [1.29, 1.82) is 0 Å². The van der Waals surface area contributed by atoms with Crippen LogP contribution in [-0.4, -0.2) is 45.3 Å². The van der Waals surface area contributed by atoms with Gasteiger partial charge in [-0.1, -0.05) is 6.07 Å². The van der Waals surface area contributed by atoms with Crippen molar-refractivity contribution < 1.29 is 9.90 Å². The van der Waals surface area contributed by atoms with Crippen molar-refractivity contribution in [3.05, 3.63) is 30.0 Å². The lowest BCUT2D eigenvalue weighted by Crippen LogP contribution is -2.29. The molecule has 2 aromatic rings. The van der Waals surface area contributed by atoms with E-state index in [1.165, 1.54) is 0 Å². The molecular formula is C12H13N3O2. The predicted molar refractivity (Wildman–Crippen MR) is 62.6 cm³/mol. The van der Waals surface area contributed by atoms with Crippen molar-refractivity contribution >= 4 is 16.8 Å². The standard InChI is InChI=1S/C12H13N3O2/c16-10-3-4-15(7-10)12(17)8-1-2-9-6-13-14-11(9)5-8/h1-2,5-6,10,16H,3-4,7H2,(H,13,14)/t10-/m0/s1. The van der Waals surface area contributed by atoms with Gasteiger partial charge in [0.2, 0.25) is 0 Å². The molecule has 0 saturated carbocycles. The van der Waals surface area contributed by atoms with E-state index in [2.05, 4.69) is 10.2 Å². The highest BCUT2D eigenvalue weighted by molar-refractivity contribution is 5.97. The number of aromatic amines is 1. The van der Waals surface area contributed by atoms with Crippen LogP contribution in [0, 0.1) is 0 Å². The van der Waals surface area contributed by atoms with Gasteiger partial charge in [-0.25, -0.2) is 0 Å². The highest BCUT2D eigenvalue weighted by Crippen LogP contribution is 2.17. The largest absolute Gasteiger partial charge is 0.391 e. The van der Waals surface area contributed by atoms with Crippen LogP contribution in [0.1, 0.15) is 16.8 Å². The molecule has 2 heterocycles. The lowest BCUT2D eigenvalue weighted by atomic mass is 10.1. The van der Waals surface area contributed by atoms with Crippen LogP contribution in [0.4, 0.5) is 0 Å². The number of carbonyl (C=O) groups excluding carboxylic acids is 1. The molecule has 1 amide bonds. The highest BCUT2D eigenvalue weighted by atomic mass is 16.3. The molecule has 0 aliphatic carbocycles. The summed E-state index contributed by atoms with van der Waals surface area (Å²) in [6, 6.07) is 5.47. The Kier molecular flexibility index (Phi) is 2.33. The van der Waals surface area contributed by atoms with Crippen LogP contribution >= 0.6 is 0 Å². The normalized spacial score (nSPS) is 20.1. The Morgan fingerprint density at radius 2 is 2.41 bits per heavy atom. The molecule has 1 aromatic carbocycles. The van der Waals surface area contributed by atoms with Crippen molar-refractivity contribution in [3.63, 3.8) is 0 Å². The Morgan fingerprint density at radius 1 is 1.53 bits per heavy atom. The predicted octanol–water partition coefficient (Wildman–Crippen LogP) is 0.770. The molecule has 1 aliphatic rings. The van der Waals surface area contributed by atoms with E-state index in [9.17, 15) is 9.90 Å². The number of β-amino-alcohol motifs (C(OH)–C–C–N with tert-alkyl or cyclic N) is 1. The van der Waals surface area contributed by atoms with Gasteiger partial charge in [0, 0.05) is 24.0 Å². The van der Waals surface area contributed by atoms with Gasteiger partial charge in [0.15, 0.2) is 0 Å². The summed E-state index contributed by atoms with van der Waals surface area (Å²) in [5.41, 5.74) is 1.49. The van der Waals surface area contributed by atoms with Crippen molar-refractivity contribution in [1.82, 2.24) is 15.1 Å². The van der Waals surface area contributed by atoms with Gasteiger partial charge in [0.05, 0.1) is 17.8 Å². The van der Waals surface area contributed by atoms with Crippen LogP contribution in [0.3, 0.4) is 0 Å². The van der Waals surface area contributed by atoms with Gasteiger partial charge < -0.3 is 10.0 Å². The zero-order valence-corrected chi connectivity index (χ0v) is 9.26. The molecule has 1 saturated heterocycles. The summed E-state index contributed by atoms with van der Waals surface area (Å²) in [6.07, 6.45) is 2.01. The SMILES string of the molecule is O=C(c1ccc2cn[nH]c2c1)N1CC[C@H](O)C1. The fraction of sp³-hybridized carbons (Fsp3) is 0.333. The summed E-state index contributed by atoms with van der Waals surface area (Å²) < 4.78 is 0. The van der Waals surface area contributed by atoms with Crippen LogP contribution in [-0.2, 0) is 0 Å². The van der Waals surface area contributed by atoms with Crippen molar-refractivity contribution in [2.45, 2.75) is 12.5 Å². The molecule has 5 nitrogen and oxygen atoms in total. The first-order valence-electron chi connectivity index (χ1n) is 5.64. The third-order valence-electron chi connectivity index (χ3n) is 3.14. The molecule has 0 radical (unpaired) electrons. The topological polar surface area (TPSA) is 69.2 Å². The van der Waals surface area contributed by atoms with E-state index in [4.69, 9.17) is 0 Å². The minimum absolute atomic E-state index is 0.0296. The van der Waals surface area contributed by atoms with E-state index in [0.29, 0.717) is 25.1 Å². The molecule has 1 aliphatic heterocycles. The number of nitrogens with zero attached hydrogens (tertiary/aromatic N) is 2. The van der Waals surface area contributed by atoms with Crippen LogP contribution in [0.15, 0.2) is 24.4 Å². The molecule has 17 heavy (non-hydrogen) atoms. The average molecular weight is 231 g/mol. The summed E-state index contributed by atoms with van der Waals surface area (Å²) in [5, 5.41) is 17.2. The summed E-state index contributed by atoms with van der Waals surface area (Å²) in [4.78, 5) is 13.8. The average Bonchev–Trinajstić information content (AvgIpc) is 2.95. The van der Waals surface area contributed by atoms with Crippen molar-refractivity contribution in [2.75, 3.05) is 13.1 Å². The lowest BCUT2D eigenvalue weighted by molar-refractivity contribution is 0.0765. The zero-order valence-electron chi connectivity index (χ0n) is 9.26. The first kappa shape index (κ1) is 10.3. The third kappa shape index (κ3) is 1.78. The van der Waals surface area contributed by atoms with Crippen LogP contribution in [0.25, 0.3) is 10.9 Å². The Bertz CT molecular complexity index is 564. The number of aromatic nitrogens is 2. The second kappa shape index (κ2) is 3.85. The van der Waals surface area contributed by atoms with Gasteiger partial charge in [0.1, 0.15) is 0 Å². The number of amides is 1. The molecule has 2 N–H and O–H groups in total. The van der Waals surface area contributed by atoms with Crippen LogP contribution in [0.2, 0.25) is 0 Å². The number of carbonyl (C=O) groups is 1. The first-order chi connectivity index (χ1) is 8.24. The van der Waals surface area contributed by atoms with Gasteiger partial charge in [-0.2, -0.15) is 5.10 Å². The Hall–Kier alpha value is -1.88. The molecule has 5 heteroatoms. The zero-order chi connectivity index (χ0) is 11.8. The number of aliphatic hydroxyl groups excluding tert-OH is 1. The maximum atomic E-state index is 12.1. The van der Waals surface area contributed by atoms with E-state index in [0.717, 1.165) is 10.9 Å². The number of hydrogen-bond acceptors (Lipinski definition) is 3. The smallest absolute Gasteiger partial charge is 0.254 e. The first-order valence-corrected chi connectivity index (χ1v) is 5.64. The van der Waals surface area contributed by atoms with Gasteiger partial charge in [-0.15, -0.1) is 0 Å². The number of fused-ring (bicyclic) bond motifs is 1. The van der Waals surface area contributed by atoms with Gasteiger partial charge in [-0.3, -0.25) is 9.89 Å². The number of H-pyrrole nitrogens is 1. The second-order valence-corrected chi connectivity index (χ2v) is 4.37. The molecular weight excluding hydrogens is 218 g/mol. The molecule has 1 fully saturated rings. The fourth-order valence-corrected chi connectivity index (χ4v) is 2.18. The maximum Gasteiger partial charge on any atom is 0.254 e. The summed E-state index contributed by atoms with van der Waals surface area (Å²) in [6.45, 7) is 1.06. The molecule has 0 unspecified atom stereocenters.